The molecule has 0 aromatic heterocycles. The fourth-order valence-electron chi connectivity index (χ4n) is 3.00. The highest BCUT2D eigenvalue weighted by atomic mass is 15.1. The molecule has 3 atom stereocenters. The number of para-hydroxylation sites is 1. The number of hydrogen-bond donors (Lipinski definition) is 1. The summed E-state index contributed by atoms with van der Waals surface area (Å²) >= 11 is 0. The van der Waals surface area contributed by atoms with Gasteiger partial charge in [-0.05, 0) is 49.8 Å². The van der Waals surface area contributed by atoms with E-state index in [1.807, 2.05) is 12.1 Å². The molecule has 18 heavy (non-hydrogen) atoms. The van der Waals surface area contributed by atoms with Crippen molar-refractivity contribution < 1.29 is 0 Å². The second-order valence-corrected chi connectivity index (χ2v) is 6.04. The Bertz CT molecular complexity index is 388. The van der Waals surface area contributed by atoms with E-state index < -0.39 is 0 Å². The Morgan fingerprint density at radius 1 is 1.17 bits per heavy atom. The van der Waals surface area contributed by atoms with Crippen LogP contribution in [0.1, 0.15) is 38.7 Å². The molecular formula is C16H26N2. The molecule has 0 bridgehead atoms. The Hall–Kier alpha value is -1.02. The van der Waals surface area contributed by atoms with Crippen LogP contribution in [-0.2, 0) is 6.54 Å². The van der Waals surface area contributed by atoms with E-state index in [4.69, 9.17) is 5.73 Å². The summed E-state index contributed by atoms with van der Waals surface area (Å²) < 4.78 is 0. The largest absolute Gasteiger partial charge is 0.398 e. The van der Waals surface area contributed by atoms with Crippen LogP contribution in [0, 0.1) is 11.8 Å². The molecular weight excluding hydrogens is 220 g/mol. The predicted molar refractivity (Wildman–Crippen MR) is 78.3 cm³/mol. The van der Waals surface area contributed by atoms with Crippen LogP contribution in [0.2, 0.25) is 0 Å². The highest BCUT2D eigenvalue weighted by molar-refractivity contribution is 5.46. The highest BCUT2D eigenvalue weighted by Crippen LogP contribution is 2.32. The molecule has 100 valence electrons. The monoisotopic (exact) mass is 246 g/mol. The molecule has 2 nitrogen and oxygen atoms in total. The van der Waals surface area contributed by atoms with Crippen LogP contribution in [0.3, 0.4) is 0 Å². The van der Waals surface area contributed by atoms with E-state index >= 15 is 0 Å². The summed E-state index contributed by atoms with van der Waals surface area (Å²) in [7, 11) is 2.24. The van der Waals surface area contributed by atoms with Gasteiger partial charge in [0.25, 0.3) is 0 Å². The van der Waals surface area contributed by atoms with E-state index in [-0.39, 0.29) is 0 Å². The Kier molecular flexibility index (Phi) is 4.28. The van der Waals surface area contributed by atoms with Crippen molar-refractivity contribution in [3.8, 4) is 0 Å². The van der Waals surface area contributed by atoms with Gasteiger partial charge < -0.3 is 5.73 Å². The number of nitrogens with zero attached hydrogens (tertiary/aromatic N) is 1. The van der Waals surface area contributed by atoms with Crippen molar-refractivity contribution in [2.75, 3.05) is 12.8 Å². The van der Waals surface area contributed by atoms with E-state index in [9.17, 15) is 0 Å². The smallest absolute Gasteiger partial charge is 0.0359 e. The molecule has 0 saturated heterocycles. The molecule has 2 heteroatoms. The zero-order chi connectivity index (χ0) is 13.1. The van der Waals surface area contributed by atoms with E-state index in [1.165, 1.54) is 24.8 Å². The molecule has 1 aromatic carbocycles. The predicted octanol–water partition coefficient (Wildman–Crippen LogP) is 3.53. The standard InChI is InChI=1S/C16H26N2/c1-12-8-9-15(10-13(12)2)18(3)11-14-6-4-5-7-16(14)17/h4-7,12-13,15H,8-11,17H2,1-3H3. The number of hydrogen-bond acceptors (Lipinski definition) is 2. The summed E-state index contributed by atoms with van der Waals surface area (Å²) in [6.07, 6.45) is 4.01. The quantitative estimate of drug-likeness (QED) is 0.827. The topological polar surface area (TPSA) is 29.3 Å². The Labute approximate surface area is 111 Å². The number of anilines is 1. The van der Waals surface area contributed by atoms with Gasteiger partial charge in [0.1, 0.15) is 0 Å². The lowest BCUT2D eigenvalue weighted by molar-refractivity contribution is 0.126. The molecule has 0 radical (unpaired) electrons. The third-order valence-corrected chi connectivity index (χ3v) is 4.67. The molecule has 2 N–H and O–H groups in total. The van der Waals surface area contributed by atoms with Gasteiger partial charge >= 0.3 is 0 Å². The van der Waals surface area contributed by atoms with Gasteiger partial charge in [0.15, 0.2) is 0 Å². The number of benzene rings is 1. The summed E-state index contributed by atoms with van der Waals surface area (Å²) in [6.45, 7) is 5.75. The van der Waals surface area contributed by atoms with Crippen molar-refractivity contribution >= 4 is 5.69 Å². The van der Waals surface area contributed by atoms with Gasteiger partial charge in [-0.3, -0.25) is 4.90 Å². The number of nitrogen functional groups attached to an aromatic ring is 1. The summed E-state index contributed by atoms with van der Waals surface area (Å²) in [5.74, 6) is 1.73. The van der Waals surface area contributed by atoms with Crippen LogP contribution in [0.5, 0.6) is 0 Å². The first kappa shape index (κ1) is 13.4. The van der Waals surface area contributed by atoms with Crippen molar-refractivity contribution in [1.82, 2.24) is 4.90 Å². The van der Waals surface area contributed by atoms with Crippen molar-refractivity contribution in [3.05, 3.63) is 29.8 Å². The van der Waals surface area contributed by atoms with E-state index in [1.54, 1.807) is 0 Å². The molecule has 0 spiro atoms. The molecule has 0 amide bonds. The van der Waals surface area contributed by atoms with Gasteiger partial charge in [-0.1, -0.05) is 32.0 Å². The first-order valence-corrected chi connectivity index (χ1v) is 7.11. The lowest BCUT2D eigenvalue weighted by atomic mass is 9.78. The molecule has 1 aromatic rings. The first-order valence-electron chi connectivity index (χ1n) is 7.11. The van der Waals surface area contributed by atoms with Crippen molar-refractivity contribution in [1.29, 1.82) is 0 Å². The first-order chi connectivity index (χ1) is 8.58. The number of nitrogens with two attached hydrogens (primary N) is 1. The number of rotatable bonds is 3. The van der Waals surface area contributed by atoms with Gasteiger partial charge in [-0.2, -0.15) is 0 Å². The van der Waals surface area contributed by atoms with Crippen LogP contribution in [0.25, 0.3) is 0 Å². The van der Waals surface area contributed by atoms with Gasteiger partial charge in [0.2, 0.25) is 0 Å². The maximum Gasteiger partial charge on any atom is 0.0359 e. The van der Waals surface area contributed by atoms with E-state index in [0.29, 0.717) is 0 Å². The SMILES string of the molecule is CC1CCC(N(C)Cc2ccccc2N)CC1C. The minimum Gasteiger partial charge on any atom is -0.398 e. The average molecular weight is 246 g/mol. The van der Waals surface area contributed by atoms with Crippen LogP contribution in [-0.4, -0.2) is 18.0 Å². The summed E-state index contributed by atoms with van der Waals surface area (Å²) in [5.41, 5.74) is 8.20. The minimum atomic E-state index is 0.718. The van der Waals surface area contributed by atoms with Crippen LogP contribution in [0.15, 0.2) is 24.3 Å². The van der Waals surface area contributed by atoms with Crippen molar-refractivity contribution in [2.45, 2.75) is 45.7 Å². The Morgan fingerprint density at radius 3 is 2.56 bits per heavy atom. The Morgan fingerprint density at radius 2 is 1.89 bits per heavy atom. The molecule has 2 rings (SSSR count). The lowest BCUT2D eigenvalue weighted by Gasteiger charge is -2.37. The zero-order valence-corrected chi connectivity index (χ0v) is 11.9. The van der Waals surface area contributed by atoms with Crippen molar-refractivity contribution in [3.63, 3.8) is 0 Å². The summed E-state index contributed by atoms with van der Waals surface area (Å²) in [5, 5.41) is 0. The third-order valence-electron chi connectivity index (χ3n) is 4.67. The fraction of sp³-hybridized carbons (Fsp3) is 0.625. The molecule has 1 aliphatic rings. The normalized spacial score (nSPS) is 28.6. The van der Waals surface area contributed by atoms with Crippen molar-refractivity contribution in [2.24, 2.45) is 11.8 Å². The summed E-state index contributed by atoms with van der Waals surface area (Å²) in [6, 6.07) is 8.93. The van der Waals surface area contributed by atoms with E-state index in [2.05, 4.69) is 37.9 Å². The second kappa shape index (κ2) is 5.75. The fourth-order valence-corrected chi connectivity index (χ4v) is 3.00. The molecule has 0 aliphatic heterocycles. The summed E-state index contributed by atoms with van der Waals surface area (Å²) in [4.78, 5) is 2.48. The van der Waals surface area contributed by atoms with Crippen LogP contribution >= 0.6 is 0 Å². The third kappa shape index (κ3) is 3.05. The van der Waals surface area contributed by atoms with Gasteiger partial charge in [-0.15, -0.1) is 0 Å². The molecule has 1 saturated carbocycles. The van der Waals surface area contributed by atoms with E-state index in [0.717, 1.165) is 30.1 Å². The zero-order valence-electron chi connectivity index (χ0n) is 11.9. The highest BCUT2D eigenvalue weighted by Gasteiger charge is 2.27. The maximum atomic E-state index is 6.02. The Balaban J connectivity index is 1.96. The molecule has 1 fully saturated rings. The molecule has 3 unspecified atom stereocenters. The molecule has 1 aliphatic carbocycles. The second-order valence-electron chi connectivity index (χ2n) is 6.04. The van der Waals surface area contributed by atoms with Crippen LogP contribution in [0.4, 0.5) is 5.69 Å². The maximum absolute atomic E-state index is 6.02. The minimum absolute atomic E-state index is 0.718. The van der Waals surface area contributed by atoms with Gasteiger partial charge in [0, 0.05) is 18.3 Å². The average Bonchev–Trinajstić information content (AvgIpc) is 2.35. The lowest BCUT2D eigenvalue weighted by Crippen LogP contribution is -2.37. The van der Waals surface area contributed by atoms with Crippen LogP contribution < -0.4 is 5.73 Å². The molecule has 0 heterocycles. The van der Waals surface area contributed by atoms with Gasteiger partial charge in [-0.25, -0.2) is 0 Å². The van der Waals surface area contributed by atoms with Gasteiger partial charge in [0.05, 0.1) is 0 Å².